The summed E-state index contributed by atoms with van der Waals surface area (Å²) in [6.07, 6.45) is 0. The van der Waals surface area contributed by atoms with Crippen molar-refractivity contribution in [3.05, 3.63) is 223 Å². The molecule has 12 aromatic rings. The summed E-state index contributed by atoms with van der Waals surface area (Å²) in [6, 6.07) is 62.3. The van der Waals surface area contributed by atoms with E-state index in [2.05, 4.69) is 242 Å². The summed E-state index contributed by atoms with van der Waals surface area (Å²) in [4.78, 5) is 2.45. The normalized spacial score (nSPS) is 14.2. The number of para-hydroxylation sites is 3. The molecule has 5 heteroatoms. The van der Waals surface area contributed by atoms with Crippen molar-refractivity contribution in [2.75, 3.05) is 4.90 Å². The molecule has 0 saturated heterocycles. The largest absolute Gasteiger partial charge is 0.458 e. The highest BCUT2D eigenvalue weighted by atomic mass is 32.1. The maximum atomic E-state index is 9.31. The van der Waals surface area contributed by atoms with Crippen LogP contribution in [0.4, 0.5) is 17.1 Å². The Labute approximate surface area is 464 Å². The van der Waals surface area contributed by atoms with Crippen molar-refractivity contribution >= 4 is 93.5 Å². The zero-order chi connectivity index (χ0) is 57.1. The van der Waals surface area contributed by atoms with Crippen molar-refractivity contribution in [1.29, 1.82) is 0 Å². The molecule has 4 heterocycles. The number of nitrogens with zero attached hydrogens (tertiary/aromatic N) is 2. The summed E-state index contributed by atoms with van der Waals surface area (Å²) in [7, 11) is 0. The maximum absolute atomic E-state index is 9.31. The minimum Gasteiger partial charge on any atom is -0.458 e. The molecule has 0 fully saturated rings. The smallest absolute Gasteiger partial charge is 0.256 e. The van der Waals surface area contributed by atoms with E-state index in [0.29, 0.717) is 5.56 Å². The van der Waals surface area contributed by atoms with Crippen LogP contribution in [0.2, 0.25) is 0 Å². The van der Waals surface area contributed by atoms with Crippen LogP contribution in [0.25, 0.3) is 81.0 Å². The summed E-state index contributed by atoms with van der Waals surface area (Å²) in [6.45, 7) is 20.0. The van der Waals surface area contributed by atoms with Crippen molar-refractivity contribution in [2.24, 2.45) is 0 Å². The lowest BCUT2D eigenvalue weighted by Crippen LogP contribution is -2.59. The Balaban J connectivity index is 1.10. The second-order valence-corrected chi connectivity index (χ2v) is 25.3. The van der Waals surface area contributed by atoms with E-state index in [1.807, 2.05) is 17.4 Å². The second-order valence-electron chi connectivity index (χ2n) is 24.2. The standard InChI is InChI=1S/C72H61BN2OS/c1-70(2,3)49-36-48(37-50(41-49)71(4,5)6)46-31-34-57-64(39-46)76-65-43-51(72(7,8)9)42-63-68(65)73(57)58-38-45(44-20-11-10-12-21-44)32-35-61(58)75(63)69-52(47-30-33-56-55-24-15-18-29-66(55)77-67(56)40-47)25-19-28-62(69)74-59-26-16-13-22-53(59)54-23-14-17-27-60(54)74/h10-43H,1-9H3/i10D,11D,12D,20D,21D. The van der Waals surface area contributed by atoms with Gasteiger partial charge < -0.3 is 14.2 Å². The monoisotopic (exact) mass is 1020 g/mol. The van der Waals surface area contributed by atoms with Gasteiger partial charge in [-0.2, -0.15) is 0 Å². The molecule has 0 aliphatic carbocycles. The summed E-state index contributed by atoms with van der Waals surface area (Å²) in [5.41, 5.74) is 17.0. The van der Waals surface area contributed by atoms with Gasteiger partial charge in [0, 0.05) is 47.9 Å². The van der Waals surface area contributed by atoms with Crippen molar-refractivity contribution in [1.82, 2.24) is 4.57 Å². The predicted molar refractivity (Wildman–Crippen MR) is 332 cm³/mol. The molecule has 2 aromatic heterocycles. The van der Waals surface area contributed by atoms with E-state index in [9.17, 15) is 2.74 Å². The van der Waals surface area contributed by atoms with E-state index in [1.165, 1.54) is 31.3 Å². The fourth-order valence-electron chi connectivity index (χ4n) is 12.1. The highest BCUT2D eigenvalue weighted by molar-refractivity contribution is 7.25. The van der Waals surface area contributed by atoms with Gasteiger partial charge in [-0.05, 0) is 132 Å². The van der Waals surface area contributed by atoms with Gasteiger partial charge in [0.05, 0.1) is 29.3 Å². The van der Waals surface area contributed by atoms with Crippen molar-refractivity contribution in [3.63, 3.8) is 0 Å². The van der Waals surface area contributed by atoms with Gasteiger partial charge in [0.15, 0.2) is 0 Å². The quantitative estimate of drug-likeness (QED) is 0.160. The third kappa shape index (κ3) is 7.68. The highest BCUT2D eigenvalue weighted by Crippen LogP contribution is 2.51. The van der Waals surface area contributed by atoms with E-state index < -0.39 is 12.8 Å². The first-order chi connectivity index (χ1) is 39.1. The number of hydrogen-bond donors (Lipinski definition) is 0. The van der Waals surface area contributed by atoms with Crippen LogP contribution >= 0.6 is 11.3 Å². The molecular formula is C72H61BN2OS. The van der Waals surface area contributed by atoms with Crippen LogP contribution in [0.5, 0.6) is 11.5 Å². The van der Waals surface area contributed by atoms with Crippen molar-refractivity contribution < 1.29 is 11.6 Å². The van der Waals surface area contributed by atoms with Crippen LogP contribution in [-0.4, -0.2) is 11.3 Å². The van der Waals surface area contributed by atoms with Crippen molar-refractivity contribution in [2.45, 2.75) is 78.6 Å². The number of thiophene rings is 1. The Hall–Kier alpha value is -8.12. The van der Waals surface area contributed by atoms with Crippen LogP contribution in [0.3, 0.4) is 0 Å². The number of hydrogen-bond acceptors (Lipinski definition) is 3. The van der Waals surface area contributed by atoms with Crippen LogP contribution in [0.15, 0.2) is 206 Å². The maximum Gasteiger partial charge on any atom is 0.256 e. The lowest BCUT2D eigenvalue weighted by Gasteiger charge is -2.42. The van der Waals surface area contributed by atoms with Gasteiger partial charge in [-0.15, -0.1) is 11.3 Å². The zero-order valence-electron chi connectivity index (χ0n) is 50.0. The topological polar surface area (TPSA) is 17.4 Å². The number of anilines is 3. The summed E-state index contributed by atoms with van der Waals surface area (Å²) >= 11 is 1.81. The molecule has 374 valence electrons. The van der Waals surface area contributed by atoms with E-state index in [1.54, 1.807) is 0 Å². The van der Waals surface area contributed by atoms with E-state index >= 15 is 0 Å². The van der Waals surface area contributed by atoms with Crippen LogP contribution in [0, 0.1) is 0 Å². The molecule has 0 spiro atoms. The molecule has 0 bridgehead atoms. The van der Waals surface area contributed by atoms with Gasteiger partial charge in [0.2, 0.25) is 0 Å². The Morgan fingerprint density at radius 2 is 1.04 bits per heavy atom. The summed E-state index contributed by atoms with van der Waals surface area (Å²) < 4.78 is 57.2. The Bertz CT molecular complexity index is 4590. The minimum absolute atomic E-state index is 0.0829. The average molecular weight is 1020 g/mol. The molecule has 3 nitrogen and oxygen atoms in total. The van der Waals surface area contributed by atoms with Gasteiger partial charge in [0.1, 0.15) is 11.5 Å². The zero-order valence-corrected chi connectivity index (χ0v) is 45.8. The molecule has 0 atom stereocenters. The van der Waals surface area contributed by atoms with E-state index in [0.717, 1.165) is 100 Å². The first kappa shape index (κ1) is 42.1. The molecule has 10 aromatic carbocycles. The molecule has 0 saturated carbocycles. The molecule has 14 rings (SSSR count). The molecule has 2 aliphatic rings. The van der Waals surface area contributed by atoms with Gasteiger partial charge in [-0.3, -0.25) is 0 Å². The third-order valence-electron chi connectivity index (χ3n) is 16.2. The second kappa shape index (κ2) is 17.2. The molecule has 77 heavy (non-hydrogen) atoms. The van der Waals surface area contributed by atoms with Gasteiger partial charge in [-0.1, -0.05) is 214 Å². The van der Waals surface area contributed by atoms with Crippen LogP contribution < -0.4 is 26.0 Å². The summed E-state index contributed by atoms with van der Waals surface area (Å²) in [5, 5.41) is 4.77. The average Bonchev–Trinajstić information content (AvgIpc) is 1.73. The van der Waals surface area contributed by atoms with Crippen LogP contribution in [-0.2, 0) is 16.2 Å². The molecule has 2 aliphatic heterocycles. The fraction of sp³-hybridized carbons (Fsp3) is 0.167. The SMILES string of the molecule is [2H]c1c([2H])c([2H])c(-c2ccc3c(c2)B2c4ccc(-c5cc(C(C)(C)C)cc(C(C)(C)C)c5)cc4Oc4cc(C(C)(C)C)cc(c42)N3c2c(-c3ccc4c(c3)sc3ccccc34)cccc2-n2c3ccccc3c3ccccc32)c([2H])c1[2H]. The summed E-state index contributed by atoms with van der Waals surface area (Å²) in [5.74, 6) is 1.50. The first-order valence-corrected chi connectivity index (χ1v) is 27.7. The van der Waals surface area contributed by atoms with Crippen molar-refractivity contribution in [3.8, 4) is 50.6 Å². The lowest BCUT2D eigenvalue weighted by atomic mass is 9.34. The number of aromatic nitrogens is 1. The Morgan fingerprint density at radius 1 is 0.429 bits per heavy atom. The molecule has 0 N–H and O–H groups in total. The number of fused-ring (bicyclic) bond motifs is 10. The molecular weight excluding hydrogens is 952 g/mol. The molecule has 0 amide bonds. The van der Waals surface area contributed by atoms with E-state index in [4.69, 9.17) is 8.85 Å². The van der Waals surface area contributed by atoms with Gasteiger partial charge in [-0.25, -0.2) is 0 Å². The van der Waals surface area contributed by atoms with E-state index in [-0.39, 0.29) is 46.0 Å². The van der Waals surface area contributed by atoms with Gasteiger partial charge in [0.25, 0.3) is 6.71 Å². The lowest BCUT2D eigenvalue weighted by molar-refractivity contribution is 0.483. The number of benzene rings is 10. The molecule has 0 unspecified atom stereocenters. The molecule has 0 radical (unpaired) electrons. The van der Waals surface area contributed by atoms with Crippen LogP contribution in [0.1, 0.15) is 85.9 Å². The Kier molecular flexibility index (Phi) is 9.39. The number of ether oxygens (including phenoxy) is 1. The minimum atomic E-state index is -0.420. The Morgan fingerprint density at radius 3 is 1.74 bits per heavy atom. The third-order valence-corrected chi connectivity index (χ3v) is 17.3. The predicted octanol–water partition coefficient (Wildman–Crippen LogP) is 18.5. The highest BCUT2D eigenvalue weighted by Gasteiger charge is 2.44. The van der Waals surface area contributed by atoms with Gasteiger partial charge >= 0.3 is 0 Å². The fourth-order valence-corrected chi connectivity index (χ4v) is 13.2. The first-order valence-electron chi connectivity index (χ1n) is 29.4. The number of rotatable bonds is 5.